The number of primary amides is 1. The Morgan fingerprint density at radius 3 is 2.27 bits per heavy atom. The lowest BCUT2D eigenvalue weighted by Crippen LogP contribution is -2.48. The molecule has 2 aromatic carbocycles. The van der Waals surface area contributed by atoms with Crippen molar-refractivity contribution >= 4 is 27.5 Å². The number of hydrogen-bond acceptors (Lipinski definition) is 5. The van der Waals surface area contributed by atoms with Crippen LogP contribution in [0.3, 0.4) is 0 Å². The summed E-state index contributed by atoms with van der Waals surface area (Å²) in [5, 5.41) is 2.81. The summed E-state index contributed by atoms with van der Waals surface area (Å²) < 4.78 is 25.5. The minimum Gasteiger partial charge on any atom is -0.366 e. The molecular formula is C21H26N4O4S. The Morgan fingerprint density at radius 1 is 1.00 bits per heavy atom. The van der Waals surface area contributed by atoms with Gasteiger partial charge in [0.1, 0.15) is 0 Å². The molecule has 0 spiro atoms. The Kier molecular flexibility index (Phi) is 6.86. The van der Waals surface area contributed by atoms with Crippen molar-refractivity contribution in [1.82, 2.24) is 9.21 Å². The highest BCUT2D eigenvalue weighted by atomic mass is 32.2. The normalized spacial score (nSPS) is 15.6. The molecule has 0 bridgehead atoms. The maximum atomic E-state index is 12.6. The monoisotopic (exact) mass is 430 g/mol. The number of nitrogens with zero attached hydrogens (tertiary/aromatic N) is 2. The number of sulfonamides is 1. The molecule has 0 radical (unpaired) electrons. The summed E-state index contributed by atoms with van der Waals surface area (Å²) in [6.07, 6.45) is 0. The molecule has 160 valence electrons. The molecule has 0 aliphatic carbocycles. The number of hydrogen-bond donors (Lipinski definition) is 2. The third-order valence-corrected chi connectivity index (χ3v) is 6.99. The first kappa shape index (κ1) is 21.9. The average Bonchev–Trinajstić information content (AvgIpc) is 2.74. The highest BCUT2D eigenvalue weighted by molar-refractivity contribution is 7.89. The molecule has 3 rings (SSSR count). The van der Waals surface area contributed by atoms with E-state index in [1.165, 1.54) is 4.31 Å². The van der Waals surface area contributed by atoms with Crippen molar-refractivity contribution in [3.05, 3.63) is 65.2 Å². The van der Waals surface area contributed by atoms with Gasteiger partial charge in [-0.15, -0.1) is 0 Å². The molecule has 0 aromatic heterocycles. The van der Waals surface area contributed by atoms with E-state index in [0.29, 0.717) is 49.5 Å². The van der Waals surface area contributed by atoms with Gasteiger partial charge in [0.2, 0.25) is 15.9 Å². The fourth-order valence-electron chi connectivity index (χ4n) is 3.34. The van der Waals surface area contributed by atoms with Crippen LogP contribution in [0.2, 0.25) is 0 Å². The van der Waals surface area contributed by atoms with Crippen molar-refractivity contribution in [1.29, 1.82) is 0 Å². The van der Waals surface area contributed by atoms with E-state index in [9.17, 15) is 18.0 Å². The van der Waals surface area contributed by atoms with Gasteiger partial charge in [-0.2, -0.15) is 4.31 Å². The average molecular weight is 431 g/mol. The van der Waals surface area contributed by atoms with Gasteiger partial charge in [0, 0.05) is 49.5 Å². The molecule has 1 fully saturated rings. The van der Waals surface area contributed by atoms with Gasteiger partial charge in [-0.05, 0) is 48.9 Å². The zero-order valence-electron chi connectivity index (χ0n) is 16.9. The molecule has 3 N–H and O–H groups in total. The van der Waals surface area contributed by atoms with E-state index in [4.69, 9.17) is 5.73 Å². The lowest BCUT2D eigenvalue weighted by Gasteiger charge is -2.33. The standard InChI is InChI=1S/C21H26N4O4S/c1-2-30(28,29)25-12-10-24(11-13-25)15-16-4-3-5-18(14-16)21(27)23-19-8-6-17(7-9-19)20(22)26/h3-9,14H,2,10-13,15H2,1H3,(H2,22,26)(H,23,27). The third-order valence-electron chi connectivity index (χ3n) is 5.11. The van der Waals surface area contributed by atoms with E-state index in [-0.39, 0.29) is 11.7 Å². The SMILES string of the molecule is CCS(=O)(=O)N1CCN(Cc2cccc(C(=O)Nc3ccc(C(N)=O)cc3)c2)CC1. The van der Waals surface area contributed by atoms with Crippen LogP contribution in [0.4, 0.5) is 5.69 Å². The van der Waals surface area contributed by atoms with Crippen LogP contribution in [0, 0.1) is 0 Å². The van der Waals surface area contributed by atoms with Crippen LogP contribution in [-0.2, 0) is 16.6 Å². The Hall–Kier alpha value is -2.75. The van der Waals surface area contributed by atoms with Gasteiger partial charge in [0.25, 0.3) is 5.91 Å². The molecular weight excluding hydrogens is 404 g/mol. The second-order valence-corrected chi connectivity index (χ2v) is 9.43. The van der Waals surface area contributed by atoms with Gasteiger partial charge >= 0.3 is 0 Å². The number of carbonyl (C=O) groups excluding carboxylic acids is 2. The number of benzene rings is 2. The minimum atomic E-state index is -3.14. The van der Waals surface area contributed by atoms with Crippen molar-refractivity contribution < 1.29 is 18.0 Å². The molecule has 1 saturated heterocycles. The maximum absolute atomic E-state index is 12.6. The maximum Gasteiger partial charge on any atom is 0.255 e. The quantitative estimate of drug-likeness (QED) is 0.691. The molecule has 0 saturated carbocycles. The summed E-state index contributed by atoms with van der Waals surface area (Å²) in [6, 6.07) is 13.7. The second kappa shape index (κ2) is 9.38. The highest BCUT2D eigenvalue weighted by Gasteiger charge is 2.25. The number of nitrogens with one attached hydrogen (secondary N) is 1. The molecule has 2 amide bonds. The summed E-state index contributed by atoms with van der Waals surface area (Å²) in [5.41, 5.74) is 7.68. The van der Waals surface area contributed by atoms with E-state index in [2.05, 4.69) is 10.2 Å². The molecule has 30 heavy (non-hydrogen) atoms. The first-order valence-electron chi connectivity index (χ1n) is 9.79. The van der Waals surface area contributed by atoms with Crippen LogP contribution in [0.25, 0.3) is 0 Å². The van der Waals surface area contributed by atoms with Gasteiger partial charge in [0.15, 0.2) is 0 Å². The first-order chi connectivity index (χ1) is 14.3. The van der Waals surface area contributed by atoms with Crippen LogP contribution in [0.15, 0.2) is 48.5 Å². The van der Waals surface area contributed by atoms with E-state index in [1.54, 1.807) is 37.3 Å². The van der Waals surface area contributed by atoms with Crippen molar-refractivity contribution in [2.75, 3.05) is 37.2 Å². The first-order valence-corrected chi connectivity index (χ1v) is 11.4. The van der Waals surface area contributed by atoms with Gasteiger partial charge in [0.05, 0.1) is 5.75 Å². The smallest absolute Gasteiger partial charge is 0.255 e. The lowest BCUT2D eigenvalue weighted by molar-refractivity contribution is 0.0998. The van der Waals surface area contributed by atoms with E-state index in [1.807, 2.05) is 18.2 Å². The number of rotatable bonds is 7. The number of carbonyl (C=O) groups is 2. The lowest BCUT2D eigenvalue weighted by atomic mass is 10.1. The highest BCUT2D eigenvalue weighted by Crippen LogP contribution is 2.15. The summed E-state index contributed by atoms with van der Waals surface area (Å²) >= 11 is 0. The van der Waals surface area contributed by atoms with Crippen molar-refractivity contribution in [3.63, 3.8) is 0 Å². The van der Waals surface area contributed by atoms with Crippen molar-refractivity contribution in [2.45, 2.75) is 13.5 Å². The molecule has 2 aromatic rings. The predicted octanol–water partition coefficient (Wildman–Crippen LogP) is 1.51. The zero-order chi connectivity index (χ0) is 21.7. The fraction of sp³-hybridized carbons (Fsp3) is 0.333. The largest absolute Gasteiger partial charge is 0.366 e. The summed E-state index contributed by atoms with van der Waals surface area (Å²) in [6.45, 7) is 4.58. The molecule has 8 nitrogen and oxygen atoms in total. The van der Waals surface area contributed by atoms with Gasteiger partial charge in [-0.1, -0.05) is 12.1 Å². The van der Waals surface area contributed by atoms with Gasteiger partial charge < -0.3 is 11.1 Å². The van der Waals surface area contributed by atoms with Gasteiger partial charge in [-0.3, -0.25) is 14.5 Å². The topological polar surface area (TPSA) is 113 Å². The van der Waals surface area contributed by atoms with Crippen LogP contribution in [-0.4, -0.2) is 61.4 Å². The Bertz CT molecular complexity index is 1010. The fourth-order valence-corrected chi connectivity index (χ4v) is 4.42. The zero-order valence-corrected chi connectivity index (χ0v) is 17.7. The number of nitrogens with two attached hydrogens (primary N) is 1. The molecule has 1 heterocycles. The predicted molar refractivity (Wildman–Crippen MR) is 116 cm³/mol. The van der Waals surface area contributed by atoms with Crippen LogP contribution in [0.1, 0.15) is 33.2 Å². The molecule has 0 unspecified atom stereocenters. The summed E-state index contributed by atoms with van der Waals surface area (Å²) in [5.74, 6) is -0.647. The summed E-state index contributed by atoms with van der Waals surface area (Å²) in [7, 11) is -3.14. The number of piperazine rings is 1. The van der Waals surface area contributed by atoms with Crippen molar-refractivity contribution in [2.24, 2.45) is 5.73 Å². The Morgan fingerprint density at radius 2 is 1.67 bits per heavy atom. The van der Waals surface area contributed by atoms with E-state index >= 15 is 0 Å². The van der Waals surface area contributed by atoms with Gasteiger partial charge in [-0.25, -0.2) is 8.42 Å². The van der Waals surface area contributed by atoms with Crippen LogP contribution < -0.4 is 11.1 Å². The number of amides is 2. The molecule has 1 aliphatic rings. The van der Waals surface area contributed by atoms with Crippen molar-refractivity contribution in [3.8, 4) is 0 Å². The second-order valence-electron chi connectivity index (χ2n) is 7.17. The van der Waals surface area contributed by atoms with Crippen LogP contribution >= 0.6 is 0 Å². The molecule has 1 aliphatic heterocycles. The number of anilines is 1. The molecule has 0 atom stereocenters. The Balaban J connectivity index is 1.59. The third kappa shape index (κ3) is 5.44. The van der Waals surface area contributed by atoms with E-state index in [0.717, 1.165) is 5.56 Å². The summed E-state index contributed by atoms with van der Waals surface area (Å²) in [4.78, 5) is 25.9. The van der Waals surface area contributed by atoms with E-state index < -0.39 is 15.9 Å². The van der Waals surface area contributed by atoms with Crippen LogP contribution in [0.5, 0.6) is 0 Å². The molecule has 9 heteroatoms. The Labute approximate surface area is 176 Å². The minimum absolute atomic E-state index is 0.120.